The lowest BCUT2D eigenvalue weighted by molar-refractivity contribution is -0.147. The van der Waals surface area contributed by atoms with Crippen LogP contribution in [0, 0.1) is 11.2 Å². The highest BCUT2D eigenvalue weighted by Gasteiger charge is 2.45. The lowest BCUT2D eigenvalue weighted by Gasteiger charge is -2.44. The summed E-state index contributed by atoms with van der Waals surface area (Å²) in [5.74, 6) is 0.271. The Bertz CT molecular complexity index is 1440. The topological polar surface area (TPSA) is 69.3 Å². The van der Waals surface area contributed by atoms with Crippen LogP contribution < -0.4 is 0 Å². The third-order valence-corrected chi connectivity index (χ3v) is 8.39. The van der Waals surface area contributed by atoms with Gasteiger partial charge in [-0.1, -0.05) is 54.1 Å². The van der Waals surface area contributed by atoms with Gasteiger partial charge in [-0.15, -0.1) is 0 Å². The number of aromatic amines is 1. The number of imidazole rings is 1. The molecule has 1 aromatic heterocycles. The average molecular weight is 573 g/mol. The van der Waals surface area contributed by atoms with Gasteiger partial charge in [-0.3, -0.25) is 9.59 Å². The monoisotopic (exact) mass is 572 g/mol. The summed E-state index contributed by atoms with van der Waals surface area (Å²) in [4.78, 5) is 39.3. The van der Waals surface area contributed by atoms with Crippen molar-refractivity contribution in [2.75, 3.05) is 19.6 Å². The molecule has 41 heavy (non-hydrogen) atoms. The standard InChI is InChI=1S/C33H34ClFN4O2/c1-24(30-36-18-19-37-30)39(20-15-25-7-11-28(34)12-8-25)32(41)33(23-26-5-3-2-4-6-26)16-21-38(22-17-33)31(40)27-9-13-29(35)14-10-27/h2-14,18-19,24H,15-17,20-23H2,1H3,(H,36,37). The van der Waals surface area contributed by atoms with Gasteiger partial charge in [0, 0.05) is 42.6 Å². The van der Waals surface area contributed by atoms with Crippen LogP contribution >= 0.6 is 11.6 Å². The number of hydrogen-bond donors (Lipinski definition) is 1. The van der Waals surface area contributed by atoms with Crippen molar-refractivity contribution in [3.63, 3.8) is 0 Å². The fourth-order valence-corrected chi connectivity index (χ4v) is 5.82. The summed E-state index contributed by atoms with van der Waals surface area (Å²) < 4.78 is 13.4. The third kappa shape index (κ3) is 6.68. The highest BCUT2D eigenvalue weighted by atomic mass is 35.5. The fourth-order valence-electron chi connectivity index (χ4n) is 5.70. The maximum atomic E-state index is 14.7. The quantitative estimate of drug-likeness (QED) is 0.249. The summed E-state index contributed by atoms with van der Waals surface area (Å²) in [6, 6.07) is 23.1. The van der Waals surface area contributed by atoms with Gasteiger partial charge in [0.05, 0.1) is 11.5 Å². The first-order valence-corrected chi connectivity index (χ1v) is 14.4. The lowest BCUT2D eigenvalue weighted by Crippen LogP contribution is -2.53. The van der Waals surface area contributed by atoms with Crippen molar-refractivity contribution in [3.8, 4) is 0 Å². The molecule has 4 aromatic rings. The number of benzene rings is 3. The third-order valence-electron chi connectivity index (χ3n) is 8.14. The summed E-state index contributed by atoms with van der Waals surface area (Å²) in [6.45, 7) is 3.39. The predicted octanol–water partition coefficient (Wildman–Crippen LogP) is 6.50. The van der Waals surface area contributed by atoms with Gasteiger partial charge in [0.15, 0.2) is 0 Å². The van der Waals surface area contributed by atoms with Crippen LogP contribution in [0.25, 0.3) is 0 Å². The minimum absolute atomic E-state index is 0.0631. The molecule has 1 fully saturated rings. The maximum absolute atomic E-state index is 14.7. The molecule has 2 amide bonds. The van der Waals surface area contributed by atoms with Gasteiger partial charge in [-0.2, -0.15) is 0 Å². The number of H-pyrrole nitrogens is 1. The molecule has 212 valence electrons. The van der Waals surface area contributed by atoms with Gasteiger partial charge in [0.1, 0.15) is 11.6 Å². The molecule has 5 rings (SSSR count). The first-order valence-electron chi connectivity index (χ1n) is 14.0. The Balaban J connectivity index is 1.42. The molecule has 1 unspecified atom stereocenters. The van der Waals surface area contributed by atoms with Gasteiger partial charge in [-0.25, -0.2) is 9.37 Å². The highest BCUT2D eigenvalue weighted by Crippen LogP contribution is 2.39. The molecule has 0 spiro atoms. The van der Waals surface area contributed by atoms with Gasteiger partial charge in [-0.05, 0) is 80.1 Å². The lowest BCUT2D eigenvalue weighted by atomic mass is 9.72. The molecule has 3 aromatic carbocycles. The van der Waals surface area contributed by atoms with Crippen molar-refractivity contribution in [1.82, 2.24) is 19.8 Å². The van der Waals surface area contributed by atoms with Crippen LogP contribution in [0.3, 0.4) is 0 Å². The molecule has 0 aliphatic carbocycles. The van der Waals surface area contributed by atoms with E-state index < -0.39 is 5.41 Å². The largest absolute Gasteiger partial charge is 0.347 e. The zero-order chi connectivity index (χ0) is 28.8. The molecule has 1 N–H and O–H groups in total. The van der Waals surface area contributed by atoms with E-state index in [1.54, 1.807) is 17.3 Å². The van der Waals surface area contributed by atoms with E-state index in [4.69, 9.17) is 11.6 Å². The van der Waals surface area contributed by atoms with E-state index in [0.717, 1.165) is 17.0 Å². The molecule has 0 bridgehead atoms. The summed E-state index contributed by atoms with van der Waals surface area (Å²) >= 11 is 6.10. The number of nitrogens with one attached hydrogen (secondary N) is 1. The van der Waals surface area contributed by atoms with Gasteiger partial charge in [0.2, 0.25) is 5.91 Å². The number of amides is 2. The van der Waals surface area contributed by atoms with Gasteiger partial charge in [0.25, 0.3) is 5.91 Å². The van der Waals surface area contributed by atoms with E-state index in [1.165, 1.54) is 24.3 Å². The number of carbonyl (C=O) groups is 2. The van der Waals surface area contributed by atoms with Gasteiger partial charge >= 0.3 is 0 Å². The van der Waals surface area contributed by atoms with Crippen molar-refractivity contribution in [2.45, 2.75) is 38.6 Å². The second-order valence-corrected chi connectivity index (χ2v) is 11.2. The van der Waals surface area contributed by atoms with E-state index in [1.807, 2.05) is 54.3 Å². The molecular weight excluding hydrogens is 539 g/mol. The highest BCUT2D eigenvalue weighted by molar-refractivity contribution is 6.30. The first kappa shape index (κ1) is 28.6. The summed E-state index contributed by atoms with van der Waals surface area (Å²) in [5, 5.41) is 0.675. The molecule has 0 saturated carbocycles. The van der Waals surface area contributed by atoms with E-state index in [-0.39, 0.29) is 23.7 Å². The Morgan fingerprint density at radius 1 is 1.00 bits per heavy atom. The Morgan fingerprint density at radius 3 is 2.32 bits per heavy atom. The number of nitrogens with zero attached hydrogens (tertiary/aromatic N) is 3. The van der Waals surface area contributed by atoms with Crippen LogP contribution in [0.5, 0.6) is 0 Å². The van der Waals surface area contributed by atoms with Crippen molar-refractivity contribution in [1.29, 1.82) is 0 Å². The minimum Gasteiger partial charge on any atom is -0.347 e. The molecule has 1 atom stereocenters. The molecule has 0 radical (unpaired) electrons. The molecule has 2 heterocycles. The van der Waals surface area contributed by atoms with E-state index in [0.29, 0.717) is 55.9 Å². The van der Waals surface area contributed by atoms with E-state index in [9.17, 15) is 14.0 Å². The summed E-state index contributed by atoms with van der Waals surface area (Å²) in [6.07, 6.45) is 5.77. The van der Waals surface area contributed by atoms with Gasteiger partial charge < -0.3 is 14.8 Å². The molecule has 1 aliphatic rings. The number of aromatic nitrogens is 2. The normalized spacial score (nSPS) is 15.3. The SMILES string of the molecule is CC(c1ncc[nH]1)N(CCc1ccc(Cl)cc1)C(=O)C1(Cc2ccccc2)CCN(C(=O)c2ccc(F)cc2)CC1. The molecule has 1 saturated heterocycles. The summed E-state index contributed by atoms with van der Waals surface area (Å²) in [7, 11) is 0. The Hall–Kier alpha value is -3.97. The summed E-state index contributed by atoms with van der Waals surface area (Å²) in [5.41, 5.74) is 1.93. The number of likely N-dealkylation sites (tertiary alicyclic amines) is 1. The van der Waals surface area contributed by atoms with Crippen molar-refractivity contribution in [3.05, 3.63) is 125 Å². The molecular formula is C33H34ClFN4O2. The number of carbonyl (C=O) groups excluding carboxylic acids is 2. The van der Waals surface area contributed by atoms with Crippen molar-refractivity contribution in [2.24, 2.45) is 5.41 Å². The second-order valence-electron chi connectivity index (χ2n) is 10.8. The second kappa shape index (κ2) is 12.7. The Morgan fingerprint density at radius 2 is 1.68 bits per heavy atom. The molecule has 1 aliphatic heterocycles. The number of rotatable bonds is 9. The van der Waals surface area contributed by atoms with Crippen LogP contribution in [0.2, 0.25) is 5.02 Å². The fraction of sp³-hybridized carbons (Fsp3) is 0.303. The molecule has 6 nitrogen and oxygen atoms in total. The average Bonchev–Trinajstić information content (AvgIpc) is 3.54. The van der Waals surface area contributed by atoms with E-state index in [2.05, 4.69) is 22.1 Å². The number of piperidine rings is 1. The van der Waals surface area contributed by atoms with Crippen LogP contribution in [-0.4, -0.2) is 51.2 Å². The maximum Gasteiger partial charge on any atom is 0.253 e. The first-order chi connectivity index (χ1) is 19.8. The number of halogens is 2. The predicted molar refractivity (Wildman–Crippen MR) is 158 cm³/mol. The molecule has 8 heteroatoms. The van der Waals surface area contributed by atoms with Crippen molar-refractivity contribution >= 4 is 23.4 Å². The minimum atomic E-state index is -0.693. The Labute approximate surface area is 245 Å². The van der Waals surface area contributed by atoms with E-state index >= 15 is 0 Å². The zero-order valence-corrected chi connectivity index (χ0v) is 23.9. The van der Waals surface area contributed by atoms with Crippen LogP contribution in [0.4, 0.5) is 4.39 Å². The number of hydrogen-bond acceptors (Lipinski definition) is 3. The van der Waals surface area contributed by atoms with Crippen LogP contribution in [0.1, 0.15) is 53.1 Å². The smallest absolute Gasteiger partial charge is 0.253 e. The van der Waals surface area contributed by atoms with Crippen LogP contribution in [-0.2, 0) is 17.6 Å². The van der Waals surface area contributed by atoms with Crippen molar-refractivity contribution < 1.29 is 14.0 Å². The zero-order valence-electron chi connectivity index (χ0n) is 23.1. The Kier molecular flexibility index (Phi) is 8.84. The van der Waals surface area contributed by atoms with Crippen LogP contribution in [0.15, 0.2) is 91.3 Å².